The number of hydrogen-bond donors (Lipinski definition) is 1. The van der Waals surface area contributed by atoms with Crippen molar-refractivity contribution in [1.29, 1.82) is 0 Å². The van der Waals surface area contributed by atoms with Crippen molar-refractivity contribution in [2.75, 3.05) is 33.0 Å². The van der Waals surface area contributed by atoms with Gasteiger partial charge in [0.15, 0.2) is 0 Å². The Labute approximate surface area is 86.2 Å². The molecule has 0 saturated carbocycles. The molecule has 0 radical (unpaired) electrons. The highest BCUT2D eigenvalue weighted by Gasteiger charge is 2.01. The molecule has 0 rings (SSSR count). The summed E-state index contributed by atoms with van der Waals surface area (Å²) in [5.74, 6) is 0. The van der Waals surface area contributed by atoms with E-state index in [0.29, 0.717) is 26.4 Å². The highest BCUT2D eigenvalue weighted by atomic mass is 16.6. The molecule has 4 heteroatoms. The summed E-state index contributed by atoms with van der Waals surface area (Å²) in [6.45, 7) is 8.16. The summed E-state index contributed by atoms with van der Waals surface area (Å²) in [5.41, 5.74) is 0. The molecule has 0 aromatic heterocycles. The minimum atomic E-state index is -0.108. The maximum atomic E-state index is 8.66. The lowest BCUT2D eigenvalue weighted by Gasteiger charge is -2.13. The van der Waals surface area contributed by atoms with Crippen LogP contribution in [0.1, 0.15) is 20.8 Å². The highest BCUT2D eigenvalue weighted by molar-refractivity contribution is 4.47. The van der Waals surface area contributed by atoms with Crippen LogP contribution in [0.15, 0.2) is 0 Å². The van der Waals surface area contributed by atoms with Crippen molar-refractivity contribution in [3.05, 3.63) is 0 Å². The van der Waals surface area contributed by atoms with E-state index in [4.69, 9.17) is 19.3 Å². The van der Waals surface area contributed by atoms with Crippen molar-refractivity contribution in [3.63, 3.8) is 0 Å². The second kappa shape index (κ2) is 9.40. The van der Waals surface area contributed by atoms with Crippen LogP contribution < -0.4 is 0 Å². The summed E-state index contributed by atoms with van der Waals surface area (Å²) >= 11 is 0. The van der Waals surface area contributed by atoms with Gasteiger partial charge < -0.3 is 19.3 Å². The van der Waals surface area contributed by atoms with E-state index in [9.17, 15) is 0 Å². The van der Waals surface area contributed by atoms with Crippen LogP contribution in [-0.2, 0) is 14.2 Å². The fraction of sp³-hybridized carbons (Fsp3) is 1.00. The molecule has 0 spiro atoms. The zero-order valence-electron chi connectivity index (χ0n) is 9.36. The molecule has 0 heterocycles. The van der Waals surface area contributed by atoms with Gasteiger partial charge in [0, 0.05) is 6.61 Å². The second-order valence-electron chi connectivity index (χ2n) is 3.20. The first-order valence-corrected chi connectivity index (χ1v) is 5.12. The number of aliphatic hydroxyl groups excluding tert-OH is 1. The summed E-state index contributed by atoms with van der Waals surface area (Å²) in [7, 11) is 0. The Hall–Kier alpha value is -0.160. The zero-order chi connectivity index (χ0) is 10.8. The average molecular weight is 206 g/mol. The van der Waals surface area contributed by atoms with Crippen LogP contribution in [0, 0.1) is 0 Å². The van der Waals surface area contributed by atoms with Gasteiger partial charge in [-0.2, -0.15) is 0 Å². The van der Waals surface area contributed by atoms with Gasteiger partial charge in [0.2, 0.25) is 0 Å². The van der Waals surface area contributed by atoms with Gasteiger partial charge >= 0.3 is 0 Å². The summed E-state index contributed by atoms with van der Waals surface area (Å²) < 4.78 is 15.8. The molecule has 4 nitrogen and oxygen atoms in total. The van der Waals surface area contributed by atoms with Gasteiger partial charge in [-0.25, -0.2) is 0 Å². The Morgan fingerprint density at radius 2 is 1.79 bits per heavy atom. The number of hydrogen-bond acceptors (Lipinski definition) is 4. The second-order valence-corrected chi connectivity index (χ2v) is 3.20. The van der Waals surface area contributed by atoms with Crippen molar-refractivity contribution in [2.24, 2.45) is 0 Å². The van der Waals surface area contributed by atoms with Crippen molar-refractivity contribution in [3.8, 4) is 0 Å². The van der Waals surface area contributed by atoms with Crippen LogP contribution in [0.25, 0.3) is 0 Å². The third-order valence-electron chi connectivity index (χ3n) is 1.69. The first-order valence-electron chi connectivity index (χ1n) is 5.12. The molecule has 0 aliphatic heterocycles. The van der Waals surface area contributed by atoms with Gasteiger partial charge in [0.05, 0.1) is 38.6 Å². The molecule has 0 aromatic rings. The summed E-state index contributed by atoms with van der Waals surface area (Å²) in [4.78, 5) is 0. The van der Waals surface area contributed by atoms with Crippen molar-refractivity contribution in [1.82, 2.24) is 0 Å². The standard InChI is InChI=1S/C10H22O4/c1-4-13-10(3)8-12-5-6-14-9(2)7-11/h9-11H,4-8H2,1-3H3. The molecular weight excluding hydrogens is 184 g/mol. The molecule has 2 unspecified atom stereocenters. The van der Waals surface area contributed by atoms with Crippen molar-refractivity contribution < 1.29 is 19.3 Å². The quantitative estimate of drug-likeness (QED) is 0.568. The molecule has 2 atom stereocenters. The highest BCUT2D eigenvalue weighted by Crippen LogP contribution is 1.93. The fourth-order valence-corrected chi connectivity index (χ4v) is 0.943. The Morgan fingerprint density at radius 1 is 1.07 bits per heavy atom. The molecular formula is C10H22O4. The topological polar surface area (TPSA) is 47.9 Å². The molecule has 0 bridgehead atoms. The van der Waals surface area contributed by atoms with E-state index in [1.165, 1.54) is 0 Å². The van der Waals surface area contributed by atoms with Crippen LogP contribution >= 0.6 is 0 Å². The summed E-state index contributed by atoms with van der Waals surface area (Å²) in [5, 5.41) is 8.66. The lowest BCUT2D eigenvalue weighted by molar-refractivity contribution is -0.0393. The lowest BCUT2D eigenvalue weighted by Crippen LogP contribution is -2.20. The Balaban J connectivity index is 3.13. The Morgan fingerprint density at radius 3 is 2.36 bits per heavy atom. The maximum absolute atomic E-state index is 8.66. The van der Waals surface area contributed by atoms with E-state index in [1.807, 2.05) is 20.8 Å². The number of aliphatic hydroxyl groups is 1. The van der Waals surface area contributed by atoms with E-state index < -0.39 is 0 Å². The van der Waals surface area contributed by atoms with Crippen molar-refractivity contribution in [2.45, 2.75) is 33.0 Å². The third-order valence-corrected chi connectivity index (χ3v) is 1.69. The summed E-state index contributed by atoms with van der Waals surface area (Å²) in [6, 6.07) is 0. The Kier molecular flexibility index (Phi) is 9.29. The van der Waals surface area contributed by atoms with Crippen LogP contribution in [0.3, 0.4) is 0 Å². The predicted octanol–water partition coefficient (Wildman–Crippen LogP) is 0.825. The minimum Gasteiger partial charge on any atom is -0.394 e. The van der Waals surface area contributed by atoms with Gasteiger partial charge in [0.25, 0.3) is 0 Å². The third kappa shape index (κ3) is 8.44. The predicted molar refractivity (Wildman–Crippen MR) is 54.4 cm³/mol. The molecule has 0 saturated heterocycles. The number of rotatable bonds is 9. The van der Waals surface area contributed by atoms with E-state index >= 15 is 0 Å². The van der Waals surface area contributed by atoms with Gasteiger partial charge in [-0.15, -0.1) is 0 Å². The monoisotopic (exact) mass is 206 g/mol. The molecule has 0 amide bonds. The average Bonchev–Trinajstić information content (AvgIpc) is 2.17. The molecule has 86 valence electrons. The van der Waals surface area contributed by atoms with E-state index in [2.05, 4.69) is 0 Å². The first-order chi connectivity index (χ1) is 6.70. The van der Waals surface area contributed by atoms with Crippen LogP contribution in [0.5, 0.6) is 0 Å². The first kappa shape index (κ1) is 13.8. The van der Waals surface area contributed by atoms with Gasteiger partial charge in [-0.05, 0) is 20.8 Å². The summed E-state index contributed by atoms with van der Waals surface area (Å²) in [6.07, 6.45) is 0.0261. The normalized spacial score (nSPS) is 15.4. The van der Waals surface area contributed by atoms with E-state index in [0.717, 1.165) is 0 Å². The van der Waals surface area contributed by atoms with Crippen LogP contribution in [0.2, 0.25) is 0 Å². The van der Waals surface area contributed by atoms with Gasteiger partial charge in [-0.3, -0.25) is 0 Å². The van der Waals surface area contributed by atoms with Crippen LogP contribution in [0.4, 0.5) is 0 Å². The molecule has 1 N–H and O–H groups in total. The molecule has 14 heavy (non-hydrogen) atoms. The number of ether oxygens (including phenoxy) is 3. The van der Waals surface area contributed by atoms with E-state index in [-0.39, 0.29) is 18.8 Å². The molecule has 0 aliphatic rings. The molecule has 0 aromatic carbocycles. The largest absolute Gasteiger partial charge is 0.394 e. The zero-order valence-corrected chi connectivity index (χ0v) is 9.36. The van der Waals surface area contributed by atoms with Crippen molar-refractivity contribution >= 4 is 0 Å². The molecule has 0 aliphatic carbocycles. The smallest absolute Gasteiger partial charge is 0.0780 e. The minimum absolute atomic E-state index is 0.0509. The Bertz CT molecular complexity index is 119. The van der Waals surface area contributed by atoms with E-state index in [1.54, 1.807) is 0 Å². The van der Waals surface area contributed by atoms with Gasteiger partial charge in [0.1, 0.15) is 0 Å². The fourth-order valence-electron chi connectivity index (χ4n) is 0.943. The maximum Gasteiger partial charge on any atom is 0.0780 e. The molecule has 0 fully saturated rings. The van der Waals surface area contributed by atoms with Crippen LogP contribution in [-0.4, -0.2) is 50.3 Å². The van der Waals surface area contributed by atoms with Gasteiger partial charge in [-0.1, -0.05) is 0 Å². The SMILES string of the molecule is CCOC(C)COCCOC(C)CO. The lowest BCUT2D eigenvalue weighted by atomic mass is 10.4.